The number of rotatable bonds is 7. The lowest BCUT2D eigenvalue weighted by Gasteiger charge is -2.45. The van der Waals surface area contributed by atoms with Gasteiger partial charge >= 0.3 is 11.9 Å². The average Bonchev–Trinajstić information content (AvgIpc) is 3.12. The molecule has 3 fully saturated rings. The summed E-state index contributed by atoms with van der Waals surface area (Å²) in [5, 5.41) is 0. The zero-order valence-corrected chi connectivity index (χ0v) is 19.0. The molecule has 0 amide bonds. The molecule has 2 aliphatic heterocycles. The first-order valence-corrected chi connectivity index (χ1v) is 11.7. The van der Waals surface area contributed by atoms with Gasteiger partial charge in [0.25, 0.3) is 0 Å². The third kappa shape index (κ3) is 4.27. The van der Waals surface area contributed by atoms with Gasteiger partial charge in [0.2, 0.25) is 0 Å². The van der Waals surface area contributed by atoms with Gasteiger partial charge in [-0.15, -0.1) is 0 Å². The second-order valence-corrected chi connectivity index (χ2v) is 9.29. The Kier molecular flexibility index (Phi) is 6.84. The minimum absolute atomic E-state index is 0.0610. The van der Waals surface area contributed by atoms with Crippen molar-refractivity contribution < 1.29 is 28.6 Å². The SMILES string of the molecule is COC(=O)C1(CC(=O)OC2CCCCC2)C(=O)CC2CCC1N2Cc1cccc(OC)c1. The Bertz CT molecular complexity index is 864. The highest BCUT2D eigenvalue weighted by Gasteiger charge is 2.62. The highest BCUT2D eigenvalue weighted by atomic mass is 16.5. The van der Waals surface area contributed by atoms with Crippen molar-refractivity contribution in [1.82, 2.24) is 4.90 Å². The molecule has 3 atom stereocenters. The lowest BCUT2D eigenvalue weighted by molar-refractivity contribution is -0.175. The lowest BCUT2D eigenvalue weighted by atomic mass is 9.70. The first-order valence-electron chi connectivity index (χ1n) is 11.7. The van der Waals surface area contributed by atoms with E-state index >= 15 is 0 Å². The summed E-state index contributed by atoms with van der Waals surface area (Å²) in [6.45, 7) is 0.580. The molecule has 2 saturated heterocycles. The monoisotopic (exact) mass is 443 g/mol. The van der Waals surface area contributed by atoms with Crippen LogP contribution in [0.5, 0.6) is 5.75 Å². The summed E-state index contributed by atoms with van der Waals surface area (Å²) in [5.74, 6) is -0.524. The number of carbonyl (C=O) groups is 3. The number of methoxy groups -OCH3 is 2. The van der Waals surface area contributed by atoms with Crippen LogP contribution in [-0.4, -0.2) is 55.0 Å². The van der Waals surface area contributed by atoms with Gasteiger partial charge in [-0.25, -0.2) is 0 Å². The second kappa shape index (κ2) is 9.61. The van der Waals surface area contributed by atoms with Crippen LogP contribution >= 0.6 is 0 Å². The average molecular weight is 444 g/mol. The van der Waals surface area contributed by atoms with E-state index < -0.39 is 17.4 Å². The van der Waals surface area contributed by atoms with Crippen molar-refractivity contribution in [2.24, 2.45) is 5.41 Å². The van der Waals surface area contributed by atoms with E-state index in [0.29, 0.717) is 13.0 Å². The minimum Gasteiger partial charge on any atom is -0.497 e. The topological polar surface area (TPSA) is 82.1 Å². The van der Waals surface area contributed by atoms with Gasteiger partial charge in [-0.1, -0.05) is 18.6 Å². The molecular weight excluding hydrogens is 410 g/mol. The Morgan fingerprint density at radius 2 is 1.88 bits per heavy atom. The molecule has 1 saturated carbocycles. The molecular formula is C25H33NO6. The predicted molar refractivity (Wildman–Crippen MR) is 117 cm³/mol. The van der Waals surface area contributed by atoms with E-state index in [2.05, 4.69) is 4.90 Å². The minimum atomic E-state index is -1.51. The summed E-state index contributed by atoms with van der Waals surface area (Å²) in [6.07, 6.45) is 6.29. The Labute approximate surface area is 189 Å². The standard InChI is InChI=1S/C25H33NO6/c1-30-20-10-6-7-17(13-20)16-26-18-11-12-21(26)25(22(27)14-18,24(29)31-2)15-23(28)32-19-8-4-3-5-9-19/h6-7,10,13,18-19,21H,3-5,8-9,11-12,14-16H2,1-2H3. The maximum Gasteiger partial charge on any atom is 0.321 e. The highest BCUT2D eigenvalue weighted by molar-refractivity contribution is 6.08. The van der Waals surface area contributed by atoms with E-state index in [9.17, 15) is 14.4 Å². The second-order valence-electron chi connectivity index (χ2n) is 9.29. The number of ketones is 1. The van der Waals surface area contributed by atoms with Crippen LogP contribution in [-0.2, 0) is 30.4 Å². The third-order valence-corrected chi connectivity index (χ3v) is 7.45. The number of nitrogens with zero attached hydrogens (tertiary/aromatic N) is 1. The molecule has 0 radical (unpaired) electrons. The van der Waals surface area contributed by atoms with Crippen LogP contribution in [0, 0.1) is 5.41 Å². The fourth-order valence-electron chi connectivity index (χ4n) is 5.85. The zero-order chi connectivity index (χ0) is 22.7. The van der Waals surface area contributed by atoms with Crippen LogP contribution in [0.4, 0.5) is 0 Å². The van der Waals surface area contributed by atoms with Gasteiger partial charge in [0, 0.05) is 25.0 Å². The van der Waals surface area contributed by atoms with Gasteiger partial charge in [0.15, 0.2) is 11.2 Å². The van der Waals surface area contributed by atoms with Crippen molar-refractivity contribution in [1.29, 1.82) is 0 Å². The molecule has 4 rings (SSSR count). The van der Waals surface area contributed by atoms with Crippen LogP contribution < -0.4 is 4.74 Å². The van der Waals surface area contributed by atoms with Crippen LogP contribution in [0.3, 0.4) is 0 Å². The van der Waals surface area contributed by atoms with Crippen molar-refractivity contribution in [3.05, 3.63) is 29.8 Å². The number of Topliss-reactive ketones (excluding diaryl/α,β-unsaturated/α-hetero) is 1. The number of piperidine rings is 1. The van der Waals surface area contributed by atoms with Crippen molar-refractivity contribution in [2.45, 2.75) is 82.5 Å². The Morgan fingerprint density at radius 3 is 2.59 bits per heavy atom. The molecule has 0 aromatic heterocycles. The van der Waals surface area contributed by atoms with Gasteiger partial charge in [0.1, 0.15) is 11.9 Å². The summed E-state index contributed by atoms with van der Waals surface area (Å²) in [6, 6.07) is 7.47. The zero-order valence-electron chi connectivity index (χ0n) is 19.0. The van der Waals surface area contributed by atoms with Crippen molar-refractivity contribution in [3.8, 4) is 5.75 Å². The van der Waals surface area contributed by atoms with E-state index in [-0.39, 0.29) is 36.8 Å². The highest BCUT2D eigenvalue weighted by Crippen LogP contribution is 2.48. The largest absolute Gasteiger partial charge is 0.497 e. The molecule has 3 unspecified atom stereocenters. The molecule has 32 heavy (non-hydrogen) atoms. The van der Waals surface area contributed by atoms with Gasteiger partial charge in [-0.2, -0.15) is 0 Å². The summed E-state index contributed by atoms with van der Waals surface area (Å²) in [5.41, 5.74) is -0.467. The first kappa shape index (κ1) is 22.8. The summed E-state index contributed by atoms with van der Waals surface area (Å²) in [4.78, 5) is 41.6. The van der Waals surface area contributed by atoms with Crippen molar-refractivity contribution in [2.75, 3.05) is 14.2 Å². The molecule has 0 N–H and O–H groups in total. The van der Waals surface area contributed by atoms with Crippen LogP contribution in [0.15, 0.2) is 24.3 Å². The van der Waals surface area contributed by atoms with Gasteiger partial charge in [-0.05, 0) is 56.2 Å². The van der Waals surface area contributed by atoms with E-state index in [4.69, 9.17) is 14.2 Å². The Hall–Kier alpha value is -2.41. The molecule has 2 bridgehead atoms. The normalized spacial score (nSPS) is 28.4. The number of hydrogen-bond acceptors (Lipinski definition) is 7. The predicted octanol–water partition coefficient (Wildman–Crippen LogP) is 3.43. The maximum absolute atomic E-state index is 13.3. The Morgan fingerprint density at radius 1 is 1.09 bits per heavy atom. The lowest BCUT2D eigenvalue weighted by Crippen LogP contribution is -2.61. The molecule has 7 heteroatoms. The number of ether oxygens (including phenoxy) is 3. The molecule has 0 spiro atoms. The fourth-order valence-corrected chi connectivity index (χ4v) is 5.85. The molecule has 1 aromatic rings. The van der Waals surface area contributed by atoms with Crippen molar-refractivity contribution in [3.63, 3.8) is 0 Å². The number of carbonyl (C=O) groups excluding carboxylic acids is 3. The quantitative estimate of drug-likeness (QED) is 0.472. The number of esters is 2. The summed E-state index contributed by atoms with van der Waals surface area (Å²) < 4.78 is 16.2. The van der Waals surface area contributed by atoms with Gasteiger partial charge < -0.3 is 14.2 Å². The maximum atomic E-state index is 13.3. The van der Waals surface area contributed by atoms with Crippen LogP contribution in [0.2, 0.25) is 0 Å². The Balaban J connectivity index is 1.59. The van der Waals surface area contributed by atoms with Crippen molar-refractivity contribution >= 4 is 17.7 Å². The molecule has 174 valence electrons. The third-order valence-electron chi connectivity index (χ3n) is 7.45. The van der Waals surface area contributed by atoms with E-state index in [0.717, 1.165) is 49.8 Å². The van der Waals surface area contributed by atoms with E-state index in [1.807, 2.05) is 24.3 Å². The first-order chi connectivity index (χ1) is 15.5. The molecule has 2 heterocycles. The number of hydrogen-bond donors (Lipinski definition) is 0. The van der Waals surface area contributed by atoms with Gasteiger partial charge in [0.05, 0.1) is 20.6 Å². The van der Waals surface area contributed by atoms with Gasteiger partial charge in [-0.3, -0.25) is 19.3 Å². The smallest absolute Gasteiger partial charge is 0.321 e. The summed E-state index contributed by atoms with van der Waals surface area (Å²) >= 11 is 0. The molecule has 3 aliphatic rings. The molecule has 1 aromatic carbocycles. The van der Waals surface area contributed by atoms with Crippen LogP contribution in [0.25, 0.3) is 0 Å². The number of fused-ring (bicyclic) bond motifs is 2. The van der Waals surface area contributed by atoms with E-state index in [1.165, 1.54) is 7.11 Å². The fraction of sp³-hybridized carbons (Fsp3) is 0.640. The van der Waals surface area contributed by atoms with Crippen LogP contribution in [0.1, 0.15) is 63.4 Å². The number of benzene rings is 1. The molecule has 1 aliphatic carbocycles. The summed E-state index contributed by atoms with van der Waals surface area (Å²) in [7, 11) is 2.92. The molecule has 7 nitrogen and oxygen atoms in total. The van der Waals surface area contributed by atoms with E-state index in [1.54, 1.807) is 7.11 Å².